The second-order valence-corrected chi connectivity index (χ2v) is 9.98. The lowest BCUT2D eigenvalue weighted by Crippen LogP contribution is -2.36. The SMILES string of the molecule is O=C(CS(=O)(=O)Cc1ccccc1)N(Cc1ccccn1)c1nc2c(F)cccc2s1. The first-order valence-corrected chi connectivity index (χ1v) is 12.0. The van der Waals surface area contributed by atoms with Crippen molar-refractivity contribution in [3.05, 3.63) is 90.0 Å². The summed E-state index contributed by atoms with van der Waals surface area (Å²) in [5, 5.41) is 0.227. The molecular weight excluding hydrogens is 437 g/mol. The molecule has 4 rings (SSSR count). The molecule has 0 radical (unpaired) electrons. The topological polar surface area (TPSA) is 80.2 Å². The van der Waals surface area contributed by atoms with Crippen molar-refractivity contribution < 1.29 is 17.6 Å². The van der Waals surface area contributed by atoms with Crippen LogP contribution >= 0.6 is 11.3 Å². The zero-order valence-corrected chi connectivity index (χ0v) is 17.9. The molecule has 0 aliphatic rings. The number of halogens is 1. The van der Waals surface area contributed by atoms with Crippen molar-refractivity contribution in [2.45, 2.75) is 12.3 Å². The lowest BCUT2D eigenvalue weighted by atomic mass is 10.2. The predicted octanol–water partition coefficient (Wildman–Crippen LogP) is 3.98. The van der Waals surface area contributed by atoms with E-state index in [0.29, 0.717) is 16.0 Å². The van der Waals surface area contributed by atoms with Crippen LogP contribution in [0.4, 0.5) is 9.52 Å². The zero-order valence-electron chi connectivity index (χ0n) is 16.3. The second kappa shape index (κ2) is 8.91. The Morgan fingerprint density at radius 1 is 1.00 bits per heavy atom. The Bertz CT molecular complexity index is 1310. The smallest absolute Gasteiger partial charge is 0.244 e. The van der Waals surface area contributed by atoms with Gasteiger partial charge in [-0.05, 0) is 29.8 Å². The summed E-state index contributed by atoms with van der Waals surface area (Å²) in [4.78, 5) is 22.9. The van der Waals surface area contributed by atoms with Crippen LogP contribution in [0.1, 0.15) is 11.3 Å². The fourth-order valence-electron chi connectivity index (χ4n) is 3.08. The average Bonchev–Trinajstić information content (AvgIpc) is 3.18. The van der Waals surface area contributed by atoms with E-state index in [-0.39, 0.29) is 22.9 Å². The van der Waals surface area contributed by atoms with Crippen molar-refractivity contribution in [1.29, 1.82) is 0 Å². The van der Waals surface area contributed by atoms with E-state index >= 15 is 0 Å². The summed E-state index contributed by atoms with van der Waals surface area (Å²) in [6, 6.07) is 18.5. The van der Waals surface area contributed by atoms with E-state index < -0.39 is 27.3 Å². The molecule has 2 aromatic carbocycles. The molecule has 0 aliphatic heterocycles. The number of rotatable bonds is 7. The highest BCUT2D eigenvalue weighted by molar-refractivity contribution is 7.91. The molecule has 0 atom stereocenters. The van der Waals surface area contributed by atoms with Gasteiger partial charge in [0.15, 0.2) is 15.0 Å². The molecule has 0 N–H and O–H groups in total. The summed E-state index contributed by atoms with van der Waals surface area (Å²) >= 11 is 1.13. The van der Waals surface area contributed by atoms with Gasteiger partial charge in [0.25, 0.3) is 0 Å². The van der Waals surface area contributed by atoms with E-state index in [2.05, 4.69) is 9.97 Å². The first-order valence-electron chi connectivity index (χ1n) is 9.41. The Morgan fingerprint density at radius 3 is 2.48 bits per heavy atom. The summed E-state index contributed by atoms with van der Waals surface area (Å²) in [7, 11) is -3.73. The standard InChI is InChI=1S/C22H18FN3O3S2/c23-18-10-6-11-19-21(18)25-22(30-19)26(13-17-9-4-5-12-24-17)20(27)15-31(28,29)14-16-7-2-1-3-8-16/h1-12H,13-15H2. The van der Waals surface area contributed by atoms with Gasteiger partial charge in [-0.25, -0.2) is 17.8 Å². The van der Waals surface area contributed by atoms with E-state index in [1.165, 1.54) is 11.0 Å². The third-order valence-corrected chi connectivity index (χ3v) is 7.01. The van der Waals surface area contributed by atoms with Crippen LogP contribution in [0.15, 0.2) is 72.9 Å². The van der Waals surface area contributed by atoms with Gasteiger partial charge >= 0.3 is 0 Å². The van der Waals surface area contributed by atoms with Crippen molar-refractivity contribution >= 4 is 42.4 Å². The highest BCUT2D eigenvalue weighted by atomic mass is 32.2. The molecule has 2 aromatic heterocycles. The van der Waals surface area contributed by atoms with Crippen LogP contribution in [0.2, 0.25) is 0 Å². The molecular formula is C22H18FN3O3S2. The molecule has 0 saturated heterocycles. The van der Waals surface area contributed by atoms with Crippen LogP contribution in [0.5, 0.6) is 0 Å². The number of para-hydroxylation sites is 1. The number of aromatic nitrogens is 2. The Morgan fingerprint density at radius 2 is 1.77 bits per heavy atom. The molecule has 6 nitrogen and oxygen atoms in total. The number of pyridine rings is 1. The van der Waals surface area contributed by atoms with E-state index in [1.54, 1.807) is 66.9 Å². The van der Waals surface area contributed by atoms with E-state index in [9.17, 15) is 17.6 Å². The lowest BCUT2D eigenvalue weighted by molar-refractivity contribution is -0.116. The third-order valence-electron chi connectivity index (χ3n) is 4.51. The number of hydrogen-bond donors (Lipinski definition) is 0. The lowest BCUT2D eigenvalue weighted by Gasteiger charge is -2.19. The number of thiazole rings is 1. The monoisotopic (exact) mass is 455 g/mol. The number of carbonyl (C=O) groups is 1. The third kappa shape index (κ3) is 5.12. The fraction of sp³-hybridized carbons (Fsp3) is 0.136. The van der Waals surface area contributed by atoms with Crippen molar-refractivity contribution in [3.63, 3.8) is 0 Å². The second-order valence-electron chi connectivity index (χ2n) is 6.90. The van der Waals surface area contributed by atoms with Crippen molar-refractivity contribution in [1.82, 2.24) is 9.97 Å². The van der Waals surface area contributed by atoms with Gasteiger partial charge in [0.05, 0.1) is 22.7 Å². The Hall–Kier alpha value is -3.17. The van der Waals surface area contributed by atoms with Crippen molar-refractivity contribution in [3.8, 4) is 0 Å². The van der Waals surface area contributed by atoms with Crippen LogP contribution in [-0.4, -0.2) is 30.0 Å². The molecule has 0 aliphatic carbocycles. The molecule has 158 valence electrons. The molecule has 0 fully saturated rings. The van der Waals surface area contributed by atoms with Crippen molar-refractivity contribution in [2.75, 3.05) is 10.7 Å². The highest BCUT2D eigenvalue weighted by Crippen LogP contribution is 2.31. The maximum Gasteiger partial charge on any atom is 0.244 e. The average molecular weight is 456 g/mol. The van der Waals surface area contributed by atoms with Gasteiger partial charge in [-0.2, -0.15) is 0 Å². The highest BCUT2D eigenvalue weighted by Gasteiger charge is 2.26. The van der Waals surface area contributed by atoms with Gasteiger partial charge < -0.3 is 0 Å². The zero-order chi connectivity index (χ0) is 21.8. The normalized spacial score (nSPS) is 11.5. The largest absolute Gasteiger partial charge is 0.281 e. The molecule has 2 heterocycles. The Balaban J connectivity index is 1.64. The molecule has 0 spiro atoms. The van der Waals surface area contributed by atoms with Crippen LogP contribution in [0, 0.1) is 5.82 Å². The van der Waals surface area contributed by atoms with Crippen molar-refractivity contribution in [2.24, 2.45) is 0 Å². The minimum absolute atomic E-state index is 0.0297. The van der Waals surface area contributed by atoms with Gasteiger partial charge in [-0.3, -0.25) is 14.7 Å². The van der Waals surface area contributed by atoms with E-state index in [4.69, 9.17) is 0 Å². The van der Waals surface area contributed by atoms with Crippen LogP contribution in [0.3, 0.4) is 0 Å². The summed E-state index contributed by atoms with van der Waals surface area (Å²) in [5.41, 5.74) is 1.32. The first kappa shape index (κ1) is 21.1. The Labute approximate surface area is 182 Å². The molecule has 31 heavy (non-hydrogen) atoms. The van der Waals surface area contributed by atoms with Crippen LogP contribution in [0.25, 0.3) is 10.2 Å². The minimum atomic E-state index is -3.73. The molecule has 1 amide bonds. The molecule has 4 aromatic rings. The van der Waals surface area contributed by atoms with Gasteiger partial charge in [0, 0.05) is 6.20 Å². The molecule has 0 unspecified atom stereocenters. The Kier molecular flexibility index (Phi) is 6.06. The first-order chi connectivity index (χ1) is 14.9. The number of anilines is 1. The van der Waals surface area contributed by atoms with Gasteiger partial charge in [0.1, 0.15) is 17.1 Å². The number of hydrogen-bond acceptors (Lipinski definition) is 6. The van der Waals surface area contributed by atoms with E-state index in [0.717, 1.165) is 11.3 Å². The number of nitrogens with zero attached hydrogens (tertiary/aromatic N) is 3. The van der Waals surface area contributed by atoms with E-state index in [1.807, 2.05) is 0 Å². The van der Waals surface area contributed by atoms with Gasteiger partial charge in [-0.15, -0.1) is 0 Å². The number of benzene rings is 2. The minimum Gasteiger partial charge on any atom is -0.281 e. The number of sulfone groups is 1. The summed E-state index contributed by atoms with van der Waals surface area (Å²) in [6.45, 7) is 0.0297. The quantitative estimate of drug-likeness (QED) is 0.421. The predicted molar refractivity (Wildman–Crippen MR) is 119 cm³/mol. The maximum absolute atomic E-state index is 14.1. The molecule has 0 bridgehead atoms. The van der Waals surface area contributed by atoms with Gasteiger partial charge in [0.2, 0.25) is 5.91 Å². The number of carbonyl (C=O) groups excluding carboxylic acids is 1. The van der Waals surface area contributed by atoms with Crippen LogP contribution < -0.4 is 4.90 Å². The number of amides is 1. The van der Waals surface area contributed by atoms with Gasteiger partial charge in [-0.1, -0.05) is 53.8 Å². The maximum atomic E-state index is 14.1. The molecule has 9 heteroatoms. The summed E-state index contributed by atoms with van der Waals surface area (Å²) in [5.74, 6) is -2.07. The van der Waals surface area contributed by atoms with Crippen LogP contribution in [-0.2, 0) is 26.9 Å². The summed E-state index contributed by atoms with van der Waals surface area (Å²) < 4.78 is 40.1. The number of fused-ring (bicyclic) bond motifs is 1. The summed E-state index contributed by atoms with van der Waals surface area (Å²) in [6.07, 6.45) is 1.59. The fourth-order valence-corrected chi connectivity index (χ4v) is 5.41. The molecule has 0 saturated carbocycles.